The fourth-order valence-corrected chi connectivity index (χ4v) is 2.72. The Bertz CT molecular complexity index is 859. The molecule has 2 N–H and O–H groups in total. The van der Waals surface area contributed by atoms with E-state index in [0.29, 0.717) is 23.3 Å². The molecule has 146 valence electrons. The molecule has 2 aromatic rings. The average Bonchev–Trinajstić information content (AvgIpc) is 2.50. The van der Waals surface area contributed by atoms with E-state index in [4.69, 9.17) is 0 Å². The predicted octanol–water partition coefficient (Wildman–Crippen LogP) is 5.66. The molecule has 0 fully saturated rings. The summed E-state index contributed by atoms with van der Waals surface area (Å²) in [5.74, 6) is -4.25. The van der Waals surface area contributed by atoms with Gasteiger partial charge in [0.15, 0.2) is 11.6 Å². The zero-order valence-electron chi connectivity index (χ0n) is 16.3. The van der Waals surface area contributed by atoms with Crippen molar-refractivity contribution in [2.45, 2.75) is 52.4 Å². The Kier molecular flexibility index (Phi) is 5.32. The number of nitrogens with one attached hydrogen (secondary N) is 1. The normalized spacial score (nSPS) is 12.2. The third-order valence-electron chi connectivity index (χ3n) is 4.25. The lowest BCUT2D eigenvalue weighted by Crippen LogP contribution is -2.21. The highest BCUT2D eigenvalue weighted by Crippen LogP contribution is 2.40. The van der Waals surface area contributed by atoms with Gasteiger partial charge in [0.1, 0.15) is 11.6 Å². The zero-order valence-corrected chi connectivity index (χ0v) is 16.3. The molecule has 0 unspecified atom stereocenters. The number of benzene rings is 2. The quantitative estimate of drug-likeness (QED) is 0.662. The van der Waals surface area contributed by atoms with E-state index in [2.05, 4.69) is 5.32 Å². The fourth-order valence-electron chi connectivity index (χ4n) is 2.72. The molecule has 1 amide bonds. The first-order valence-corrected chi connectivity index (χ1v) is 8.55. The van der Waals surface area contributed by atoms with Crippen molar-refractivity contribution >= 4 is 11.6 Å². The highest BCUT2D eigenvalue weighted by atomic mass is 19.2. The highest BCUT2D eigenvalue weighted by molar-refractivity contribution is 6.04. The van der Waals surface area contributed by atoms with Gasteiger partial charge in [-0.05, 0) is 23.0 Å². The number of phenols is 1. The van der Waals surface area contributed by atoms with Gasteiger partial charge in [0, 0.05) is 28.8 Å². The van der Waals surface area contributed by atoms with E-state index in [9.17, 15) is 23.1 Å². The van der Waals surface area contributed by atoms with Crippen molar-refractivity contribution in [2.75, 3.05) is 5.32 Å². The third-order valence-corrected chi connectivity index (χ3v) is 4.25. The van der Waals surface area contributed by atoms with Crippen molar-refractivity contribution in [3.63, 3.8) is 0 Å². The Labute approximate surface area is 157 Å². The summed E-state index contributed by atoms with van der Waals surface area (Å²) in [5, 5.41) is 13.0. The van der Waals surface area contributed by atoms with E-state index in [1.54, 1.807) is 0 Å². The Morgan fingerprint density at radius 1 is 0.815 bits per heavy atom. The highest BCUT2D eigenvalue weighted by Gasteiger charge is 2.28. The number of rotatable bonds is 2. The molecule has 0 saturated carbocycles. The lowest BCUT2D eigenvalue weighted by atomic mass is 9.78. The van der Waals surface area contributed by atoms with Gasteiger partial charge in [0.25, 0.3) is 5.91 Å². The van der Waals surface area contributed by atoms with Gasteiger partial charge >= 0.3 is 0 Å². The number of amides is 1. The lowest BCUT2D eigenvalue weighted by Gasteiger charge is -2.28. The van der Waals surface area contributed by atoms with Crippen LogP contribution in [-0.4, -0.2) is 11.0 Å². The van der Waals surface area contributed by atoms with Crippen LogP contribution >= 0.6 is 0 Å². The van der Waals surface area contributed by atoms with E-state index in [1.807, 2.05) is 41.5 Å². The van der Waals surface area contributed by atoms with Crippen LogP contribution < -0.4 is 5.32 Å². The van der Waals surface area contributed by atoms with Crippen molar-refractivity contribution in [3.8, 4) is 5.75 Å². The van der Waals surface area contributed by atoms with Crippen LogP contribution in [0.4, 0.5) is 18.9 Å². The number of hydrogen-bond acceptors (Lipinski definition) is 2. The molecular formula is C21H24F3NO2. The standard InChI is InChI=1S/C21H24F3NO2/c1-20(2,3)12-7-11(8-13(18(12)26)21(4,5)6)19(27)25-17-10-15(23)14(22)9-16(17)24/h7-10,26H,1-6H3,(H,25,27). The second-order valence-corrected chi connectivity index (χ2v) is 8.62. The maximum atomic E-state index is 13.8. The average molecular weight is 379 g/mol. The topological polar surface area (TPSA) is 49.3 Å². The minimum absolute atomic E-state index is 0.102. The van der Waals surface area contributed by atoms with E-state index in [1.165, 1.54) is 12.1 Å². The van der Waals surface area contributed by atoms with Crippen molar-refractivity contribution < 1.29 is 23.1 Å². The molecule has 6 heteroatoms. The van der Waals surface area contributed by atoms with Gasteiger partial charge < -0.3 is 10.4 Å². The Morgan fingerprint density at radius 3 is 1.70 bits per heavy atom. The summed E-state index contributed by atoms with van der Waals surface area (Å²) in [5.41, 5.74) is -0.0497. The summed E-state index contributed by atoms with van der Waals surface area (Å²) in [4.78, 5) is 12.7. The van der Waals surface area contributed by atoms with Gasteiger partial charge in [-0.1, -0.05) is 41.5 Å². The van der Waals surface area contributed by atoms with Gasteiger partial charge in [-0.3, -0.25) is 4.79 Å². The number of anilines is 1. The molecule has 0 saturated heterocycles. The molecule has 27 heavy (non-hydrogen) atoms. The monoisotopic (exact) mass is 379 g/mol. The van der Waals surface area contributed by atoms with Crippen molar-refractivity contribution in [2.24, 2.45) is 0 Å². The summed E-state index contributed by atoms with van der Waals surface area (Å²) in [6.45, 7) is 11.4. The molecule has 0 atom stereocenters. The number of carbonyl (C=O) groups excluding carboxylic acids is 1. The summed E-state index contributed by atoms with van der Waals surface area (Å²) in [6, 6.07) is 4.02. The van der Waals surface area contributed by atoms with E-state index in [-0.39, 0.29) is 11.3 Å². The smallest absolute Gasteiger partial charge is 0.255 e. The molecule has 0 aliphatic rings. The Balaban J connectivity index is 2.55. The van der Waals surface area contributed by atoms with E-state index in [0.717, 1.165) is 0 Å². The summed E-state index contributed by atoms with van der Waals surface area (Å²) in [7, 11) is 0. The molecule has 0 aliphatic heterocycles. The van der Waals surface area contributed by atoms with Crippen LogP contribution in [0.5, 0.6) is 5.75 Å². The number of phenolic OH excluding ortho intramolecular Hbond substituents is 1. The third kappa shape index (κ3) is 4.43. The maximum Gasteiger partial charge on any atom is 0.255 e. The lowest BCUT2D eigenvalue weighted by molar-refractivity contribution is 0.102. The van der Waals surface area contributed by atoms with Gasteiger partial charge in [-0.15, -0.1) is 0 Å². The largest absolute Gasteiger partial charge is 0.507 e. The molecule has 0 heterocycles. The molecule has 0 aromatic heterocycles. The van der Waals surface area contributed by atoms with E-state index >= 15 is 0 Å². The van der Waals surface area contributed by atoms with Gasteiger partial charge in [0.05, 0.1) is 5.69 Å². The number of aromatic hydroxyl groups is 1. The Morgan fingerprint density at radius 2 is 1.26 bits per heavy atom. The van der Waals surface area contributed by atoms with Crippen LogP contribution in [0.1, 0.15) is 63.0 Å². The first-order chi connectivity index (χ1) is 12.2. The van der Waals surface area contributed by atoms with Crippen LogP contribution in [-0.2, 0) is 10.8 Å². The molecular weight excluding hydrogens is 355 g/mol. The minimum Gasteiger partial charge on any atom is -0.507 e. The van der Waals surface area contributed by atoms with Crippen LogP contribution in [0, 0.1) is 17.5 Å². The zero-order chi connectivity index (χ0) is 20.7. The van der Waals surface area contributed by atoms with Crippen molar-refractivity contribution in [1.29, 1.82) is 0 Å². The first-order valence-electron chi connectivity index (χ1n) is 8.55. The van der Waals surface area contributed by atoms with Crippen LogP contribution in [0.2, 0.25) is 0 Å². The summed E-state index contributed by atoms with van der Waals surface area (Å²) >= 11 is 0. The second kappa shape index (κ2) is 6.91. The number of hydrogen-bond donors (Lipinski definition) is 2. The summed E-state index contributed by atoms with van der Waals surface area (Å²) < 4.78 is 40.3. The van der Waals surface area contributed by atoms with Gasteiger partial charge in [-0.25, -0.2) is 13.2 Å². The van der Waals surface area contributed by atoms with Crippen molar-refractivity contribution in [1.82, 2.24) is 0 Å². The Hall–Kier alpha value is -2.50. The molecule has 0 aliphatic carbocycles. The second-order valence-electron chi connectivity index (χ2n) is 8.62. The first kappa shape index (κ1) is 20.8. The van der Waals surface area contributed by atoms with Crippen LogP contribution in [0.15, 0.2) is 24.3 Å². The minimum atomic E-state index is -1.33. The summed E-state index contributed by atoms with van der Waals surface area (Å²) in [6.07, 6.45) is 0. The predicted molar refractivity (Wildman–Crippen MR) is 99.8 cm³/mol. The number of halogens is 3. The molecule has 0 bridgehead atoms. The van der Waals surface area contributed by atoms with Crippen LogP contribution in [0.3, 0.4) is 0 Å². The van der Waals surface area contributed by atoms with Gasteiger partial charge in [-0.2, -0.15) is 0 Å². The maximum absolute atomic E-state index is 13.8. The molecule has 0 radical (unpaired) electrons. The molecule has 2 rings (SSSR count). The van der Waals surface area contributed by atoms with Crippen LogP contribution in [0.25, 0.3) is 0 Å². The van der Waals surface area contributed by atoms with Gasteiger partial charge in [0.2, 0.25) is 0 Å². The SMILES string of the molecule is CC(C)(C)c1cc(C(=O)Nc2cc(F)c(F)cc2F)cc(C(C)(C)C)c1O. The number of carbonyl (C=O) groups is 1. The fraction of sp³-hybridized carbons (Fsp3) is 0.381. The molecule has 2 aromatic carbocycles. The van der Waals surface area contributed by atoms with E-state index < -0.39 is 39.9 Å². The van der Waals surface area contributed by atoms with Crippen molar-refractivity contribution in [3.05, 3.63) is 58.4 Å². The molecule has 0 spiro atoms. The molecule has 3 nitrogen and oxygen atoms in total.